The van der Waals surface area contributed by atoms with Crippen LogP contribution in [0.5, 0.6) is 0 Å². The van der Waals surface area contributed by atoms with E-state index in [4.69, 9.17) is 5.73 Å². The number of halogens is 1. The van der Waals surface area contributed by atoms with Gasteiger partial charge in [-0.2, -0.15) is 4.39 Å². The summed E-state index contributed by atoms with van der Waals surface area (Å²) >= 11 is 0. The SMILES string of the molecule is CCCCC[C@@H](N)c1ccc(F)c([N+](=O)[O-])c1. The maximum Gasteiger partial charge on any atom is 0.305 e. The Morgan fingerprint density at radius 3 is 2.76 bits per heavy atom. The summed E-state index contributed by atoms with van der Waals surface area (Å²) < 4.78 is 13.1. The molecule has 1 aromatic rings. The molecule has 0 aliphatic carbocycles. The third kappa shape index (κ3) is 3.78. The first-order valence-electron chi connectivity index (χ1n) is 5.75. The van der Waals surface area contributed by atoms with E-state index in [1.165, 1.54) is 12.1 Å². The lowest BCUT2D eigenvalue weighted by molar-refractivity contribution is -0.387. The summed E-state index contributed by atoms with van der Waals surface area (Å²) in [4.78, 5) is 9.86. The maximum absolute atomic E-state index is 13.1. The Balaban J connectivity index is 2.77. The second-order valence-electron chi connectivity index (χ2n) is 4.07. The van der Waals surface area contributed by atoms with Crippen molar-refractivity contribution < 1.29 is 9.31 Å². The summed E-state index contributed by atoms with van der Waals surface area (Å²) in [7, 11) is 0. The van der Waals surface area contributed by atoms with Crippen molar-refractivity contribution in [1.82, 2.24) is 0 Å². The van der Waals surface area contributed by atoms with Crippen molar-refractivity contribution in [2.45, 2.75) is 38.6 Å². The molecular weight excluding hydrogens is 223 g/mol. The van der Waals surface area contributed by atoms with Gasteiger partial charge >= 0.3 is 5.69 Å². The Bertz CT molecular complexity index is 396. The van der Waals surface area contributed by atoms with Crippen LogP contribution in [0.2, 0.25) is 0 Å². The molecule has 0 spiro atoms. The van der Waals surface area contributed by atoms with E-state index < -0.39 is 16.4 Å². The van der Waals surface area contributed by atoms with Crippen LogP contribution >= 0.6 is 0 Å². The van der Waals surface area contributed by atoms with Crippen LogP contribution in [0.15, 0.2) is 18.2 Å². The van der Waals surface area contributed by atoms with Crippen molar-refractivity contribution >= 4 is 5.69 Å². The fraction of sp³-hybridized carbons (Fsp3) is 0.500. The molecule has 2 N–H and O–H groups in total. The molecule has 0 saturated heterocycles. The molecule has 0 unspecified atom stereocenters. The van der Waals surface area contributed by atoms with Gasteiger partial charge in [-0.15, -0.1) is 0 Å². The third-order valence-corrected chi connectivity index (χ3v) is 2.71. The van der Waals surface area contributed by atoms with E-state index in [1.807, 2.05) is 0 Å². The number of hydrogen-bond acceptors (Lipinski definition) is 3. The number of nitro groups is 1. The average molecular weight is 240 g/mol. The fourth-order valence-corrected chi connectivity index (χ4v) is 1.68. The van der Waals surface area contributed by atoms with Crippen molar-refractivity contribution in [3.8, 4) is 0 Å². The molecule has 1 aromatic carbocycles. The molecule has 0 aromatic heterocycles. The van der Waals surface area contributed by atoms with Crippen LogP contribution in [-0.4, -0.2) is 4.92 Å². The van der Waals surface area contributed by atoms with Crippen LogP contribution in [0.1, 0.15) is 44.2 Å². The number of unbranched alkanes of at least 4 members (excludes halogenated alkanes) is 2. The van der Waals surface area contributed by atoms with Crippen LogP contribution in [0.4, 0.5) is 10.1 Å². The van der Waals surface area contributed by atoms with E-state index in [-0.39, 0.29) is 6.04 Å². The van der Waals surface area contributed by atoms with Gasteiger partial charge in [0.2, 0.25) is 5.82 Å². The highest BCUT2D eigenvalue weighted by Crippen LogP contribution is 2.24. The summed E-state index contributed by atoms with van der Waals surface area (Å²) in [5.74, 6) is -0.820. The minimum Gasteiger partial charge on any atom is -0.324 e. The molecule has 0 aliphatic heterocycles. The molecular formula is C12H17FN2O2. The van der Waals surface area contributed by atoms with Crippen LogP contribution < -0.4 is 5.73 Å². The van der Waals surface area contributed by atoms with E-state index >= 15 is 0 Å². The molecule has 94 valence electrons. The molecule has 17 heavy (non-hydrogen) atoms. The lowest BCUT2D eigenvalue weighted by Crippen LogP contribution is -2.10. The van der Waals surface area contributed by atoms with Gasteiger partial charge in [0.15, 0.2) is 0 Å². The van der Waals surface area contributed by atoms with Crippen LogP contribution in [0.3, 0.4) is 0 Å². The number of nitro benzene ring substituents is 1. The van der Waals surface area contributed by atoms with Crippen molar-refractivity contribution in [2.24, 2.45) is 5.73 Å². The van der Waals surface area contributed by atoms with Gasteiger partial charge < -0.3 is 5.73 Å². The van der Waals surface area contributed by atoms with Gasteiger partial charge in [-0.25, -0.2) is 0 Å². The molecule has 0 heterocycles. The van der Waals surface area contributed by atoms with E-state index in [0.717, 1.165) is 31.7 Å². The van der Waals surface area contributed by atoms with Gasteiger partial charge in [-0.05, 0) is 18.1 Å². The molecule has 4 nitrogen and oxygen atoms in total. The molecule has 0 fully saturated rings. The normalized spacial score (nSPS) is 12.4. The van der Waals surface area contributed by atoms with Crippen LogP contribution in [0, 0.1) is 15.9 Å². The largest absolute Gasteiger partial charge is 0.324 e. The number of rotatable bonds is 6. The van der Waals surface area contributed by atoms with Gasteiger partial charge in [0.1, 0.15) is 0 Å². The number of benzene rings is 1. The first-order valence-corrected chi connectivity index (χ1v) is 5.75. The van der Waals surface area contributed by atoms with Crippen LogP contribution in [-0.2, 0) is 0 Å². The maximum atomic E-state index is 13.1. The van der Waals surface area contributed by atoms with Crippen molar-refractivity contribution in [3.63, 3.8) is 0 Å². The highest BCUT2D eigenvalue weighted by atomic mass is 19.1. The Morgan fingerprint density at radius 2 is 2.18 bits per heavy atom. The van der Waals surface area contributed by atoms with E-state index in [9.17, 15) is 14.5 Å². The van der Waals surface area contributed by atoms with Gasteiger partial charge in [0.25, 0.3) is 0 Å². The summed E-state index contributed by atoms with van der Waals surface area (Å²) in [5, 5.41) is 10.6. The van der Waals surface area contributed by atoms with Gasteiger partial charge in [0, 0.05) is 12.1 Å². The predicted molar refractivity (Wildman–Crippen MR) is 64.1 cm³/mol. The minimum atomic E-state index is -0.820. The summed E-state index contributed by atoms with van der Waals surface area (Å²) in [6.45, 7) is 2.09. The van der Waals surface area contributed by atoms with Crippen molar-refractivity contribution in [3.05, 3.63) is 39.7 Å². The first-order chi connectivity index (χ1) is 8.06. The Kier molecular flexibility index (Phi) is 5.03. The molecule has 5 heteroatoms. The molecule has 1 atom stereocenters. The molecule has 0 radical (unpaired) electrons. The highest BCUT2D eigenvalue weighted by Gasteiger charge is 2.16. The van der Waals surface area contributed by atoms with Crippen LogP contribution in [0.25, 0.3) is 0 Å². The number of nitrogens with two attached hydrogens (primary N) is 1. The van der Waals surface area contributed by atoms with E-state index in [1.54, 1.807) is 0 Å². The lowest BCUT2D eigenvalue weighted by atomic mass is 10.0. The Labute approximate surface area is 99.8 Å². The molecule has 0 bridgehead atoms. The molecule has 0 amide bonds. The zero-order valence-electron chi connectivity index (χ0n) is 9.86. The van der Waals surface area contributed by atoms with Gasteiger partial charge in [0.05, 0.1) is 4.92 Å². The van der Waals surface area contributed by atoms with Gasteiger partial charge in [-0.1, -0.05) is 32.3 Å². The zero-order chi connectivity index (χ0) is 12.8. The topological polar surface area (TPSA) is 69.2 Å². The van der Waals surface area contributed by atoms with E-state index in [0.29, 0.717) is 5.56 Å². The number of hydrogen-bond donors (Lipinski definition) is 1. The third-order valence-electron chi connectivity index (χ3n) is 2.71. The standard InChI is InChI=1S/C12H17FN2O2/c1-2-3-4-5-11(14)9-6-7-10(13)12(8-9)15(16)17/h6-8,11H,2-5,14H2,1H3/t11-/m1/s1. The molecule has 0 saturated carbocycles. The summed E-state index contributed by atoms with van der Waals surface area (Å²) in [6, 6.07) is 3.58. The summed E-state index contributed by atoms with van der Waals surface area (Å²) in [6.07, 6.45) is 3.91. The second kappa shape index (κ2) is 6.30. The molecule has 1 rings (SSSR count). The monoisotopic (exact) mass is 240 g/mol. The zero-order valence-corrected chi connectivity index (χ0v) is 9.86. The molecule has 0 aliphatic rings. The quantitative estimate of drug-likeness (QED) is 0.471. The minimum absolute atomic E-state index is 0.263. The predicted octanol–water partition coefficient (Wildman–Crippen LogP) is 3.31. The van der Waals surface area contributed by atoms with Crippen molar-refractivity contribution in [1.29, 1.82) is 0 Å². The van der Waals surface area contributed by atoms with Crippen molar-refractivity contribution in [2.75, 3.05) is 0 Å². The number of nitrogens with zero attached hydrogens (tertiary/aromatic N) is 1. The first kappa shape index (κ1) is 13.6. The smallest absolute Gasteiger partial charge is 0.305 e. The average Bonchev–Trinajstić information content (AvgIpc) is 2.29. The Hall–Kier alpha value is -1.49. The van der Waals surface area contributed by atoms with Gasteiger partial charge in [-0.3, -0.25) is 10.1 Å². The lowest BCUT2D eigenvalue weighted by Gasteiger charge is -2.11. The fourth-order valence-electron chi connectivity index (χ4n) is 1.68. The Morgan fingerprint density at radius 1 is 1.47 bits per heavy atom. The summed E-state index contributed by atoms with van der Waals surface area (Å²) in [5.41, 5.74) is 6.02. The highest BCUT2D eigenvalue weighted by molar-refractivity contribution is 5.37. The van der Waals surface area contributed by atoms with E-state index in [2.05, 4.69) is 6.92 Å². The second-order valence-corrected chi connectivity index (χ2v) is 4.07.